The van der Waals surface area contributed by atoms with Crippen LogP contribution >= 0.6 is 24.0 Å². The predicted molar refractivity (Wildman–Crippen MR) is 95.5 cm³/mol. The third kappa shape index (κ3) is 4.37. The van der Waals surface area contributed by atoms with Gasteiger partial charge in [-0.05, 0) is 50.9 Å². The van der Waals surface area contributed by atoms with Gasteiger partial charge in [-0.2, -0.15) is 4.31 Å². The summed E-state index contributed by atoms with van der Waals surface area (Å²) in [4.78, 5) is 10.2. The molecule has 0 amide bonds. The smallest absolute Gasteiger partial charge is 0.289 e. The molecule has 136 valence electrons. The van der Waals surface area contributed by atoms with Crippen LogP contribution < -0.4 is 5.32 Å². The molecule has 0 aliphatic carbocycles. The van der Waals surface area contributed by atoms with Crippen molar-refractivity contribution in [1.82, 2.24) is 9.62 Å². The van der Waals surface area contributed by atoms with Gasteiger partial charge in [0.25, 0.3) is 5.69 Å². The van der Waals surface area contributed by atoms with Crippen molar-refractivity contribution in [2.24, 2.45) is 5.92 Å². The van der Waals surface area contributed by atoms with Crippen molar-refractivity contribution in [3.05, 3.63) is 32.8 Å². The number of nitrogens with one attached hydrogen (secondary N) is 1. The molecule has 1 fully saturated rings. The minimum absolute atomic E-state index is 0. The number of sulfonamides is 1. The van der Waals surface area contributed by atoms with Crippen LogP contribution in [-0.2, 0) is 10.0 Å². The van der Waals surface area contributed by atoms with Gasteiger partial charge < -0.3 is 5.32 Å². The Morgan fingerprint density at radius 3 is 2.71 bits per heavy atom. The Hall–Kier alpha value is -0.930. The van der Waals surface area contributed by atoms with E-state index in [1.165, 1.54) is 16.4 Å². The summed E-state index contributed by atoms with van der Waals surface area (Å²) in [7, 11) is -2.03. The molecule has 0 aromatic heterocycles. The van der Waals surface area contributed by atoms with Crippen molar-refractivity contribution in [3.63, 3.8) is 0 Å². The standard InChI is InChI=1S/C14H20ClN3O4S.ClH/c1-10-6-12(18(19)20)14(15)13(7-10)23(21,22)17-5-3-4-11(9-17)8-16-2;/h6-7,11,16H,3-5,8-9H2,1-2H3;1H. The molecule has 0 saturated carbocycles. The molecular formula is C14H21Cl2N3O4S. The molecule has 0 bridgehead atoms. The van der Waals surface area contributed by atoms with Gasteiger partial charge in [0.2, 0.25) is 10.0 Å². The first kappa shape index (κ1) is 21.1. The number of aryl methyl sites for hydroxylation is 1. The Morgan fingerprint density at radius 1 is 1.46 bits per heavy atom. The Labute approximate surface area is 153 Å². The van der Waals surface area contributed by atoms with E-state index in [4.69, 9.17) is 11.6 Å². The lowest BCUT2D eigenvalue weighted by Gasteiger charge is -2.32. The molecule has 0 radical (unpaired) electrons. The Bertz CT molecular complexity index is 710. The Kier molecular flexibility index (Phi) is 7.43. The second-order valence-corrected chi connectivity index (χ2v) is 8.07. The average molecular weight is 398 g/mol. The third-order valence-corrected chi connectivity index (χ3v) is 6.35. The first-order valence-corrected chi connectivity index (χ1v) is 9.18. The summed E-state index contributed by atoms with van der Waals surface area (Å²) < 4.78 is 27.1. The highest BCUT2D eigenvalue weighted by Gasteiger charge is 2.34. The van der Waals surface area contributed by atoms with Crippen LogP contribution in [0.1, 0.15) is 18.4 Å². The molecule has 7 nitrogen and oxygen atoms in total. The fourth-order valence-electron chi connectivity index (χ4n) is 2.88. The number of nitrogens with zero attached hydrogens (tertiary/aromatic N) is 2. The number of nitro benzene ring substituents is 1. The number of benzene rings is 1. The molecule has 1 aromatic carbocycles. The van der Waals surface area contributed by atoms with Gasteiger partial charge in [-0.1, -0.05) is 11.6 Å². The van der Waals surface area contributed by atoms with Gasteiger partial charge in [0, 0.05) is 19.2 Å². The summed E-state index contributed by atoms with van der Waals surface area (Å²) in [5, 5.41) is 13.8. The van der Waals surface area contributed by atoms with Crippen LogP contribution in [-0.4, -0.2) is 44.3 Å². The van der Waals surface area contributed by atoms with E-state index >= 15 is 0 Å². The first-order chi connectivity index (χ1) is 10.8. The fraction of sp³-hybridized carbons (Fsp3) is 0.571. The molecular weight excluding hydrogens is 377 g/mol. The van der Waals surface area contributed by atoms with Crippen LogP contribution in [0.3, 0.4) is 0 Å². The maximum atomic E-state index is 12.9. The van der Waals surface area contributed by atoms with E-state index in [-0.39, 0.29) is 33.9 Å². The number of nitro groups is 1. The fourth-order valence-corrected chi connectivity index (χ4v) is 5.07. The molecule has 24 heavy (non-hydrogen) atoms. The molecule has 1 saturated heterocycles. The van der Waals surface area contributed by atoms with Crippen LogP contribution in [0, 0.1) is 23.0 Å². The van der Waals surface area contributed by atoms with Crippen LogP contribution in [0.2, 0.25) is 5.02 Å². The van der Waals surface area contributed by atoms with Crippen LogP contribution in [0.5, 0.6) is 0 Å². The maximum absolute atomic E-state index is 12.9. The largest absolute Gasteiger partial charge is 0.319 e. The molecule has 1 N–H and O–H groups in total. The van der Waals surface area contributed by atoms with E-state index in [1.807, 2.05) is 7.05 Å². The highest BCUT2D eigenvalue weighted by Crippen LogP contribution is 2.35. The second kappa shape index (κ2) is 8.44. The summed E-state index contributed by atoms with van der Waals surface area (Å²) in [5.74, 6) is 0.224. The molecule has 1 atom stereocenters. The van der Waals surface area contributed by atoms with Gasteiger partial charge in [0.1, 0.15) is 9.92 Å². The first-order valence-electron chi connectivity index (χ1n) is 7.36. The van der Waals surface area contributed by atoms with E-state index in [0.29, 0.717) is 18.7 Å². The van der Waals surface area contributed by atoms with Gasteiger partial charge in [-0.25, -0.2) is 8.42 Å². The zero-order valence-corrected chi connectivity index (χ0v) is 15.9. The lowest BCUT2D eigenvalue weighted by Crippen LogP contribution is -2.42. The summed E-state index contributed by atoms with van der Waals surface area (Å²) in [5.41, 5.74) is 0.109. The summed E-state index contributed by atoms with van der Waals surface area (Å²) in [6.45, 7) is 3.14. The van der Waals surface area contributed by atoms with Crippen molar-refractivity contribution < 1.29 is 13.3 Å². The SMILES string of the molecule is CNCC1CCCN(S(=O)(=O)c2cc(C)cc([N+](=O)[O-])c2Cl)C1.Cl. The molecule has 1 aliphatic rings. The van der Waals surface area contributed by atoms with Crippen LogP contribution in [0.25, 0.3) is 0 Å². The number of halogens is 2. The van der Waals surface area contributed by atoms with Crippen molar-refractivity contribution in [2.45, 2.75) is 24.7 Å². The Morgan fingerprint density at radius 2 is 2.12 bits per heavy atom. The predicted octanol–water partition coefficient (Wildman–Crippen LogP) is 2.60. The zero-order valence-electron chi connectivity index (χ0n) is 13.5. The maximum Gasteiger partial charge on any atom is 0.289 e. The molecule has 1 unspecified atom stereocenters. The van der Waals surface area contributed by atoms with Crippen molar-refractivity contribution in [2.75, 3.05) is 26.7 Å². The van der Waals surface area contributed by atoms with E-state index in [1.54, 1.807) is 6.92 Å². The summed E-state index contributed by atoms with van der Waals surface area (Å²) >= 11 is 6.02. The third-order valence-electron chi connectivity index (χ3n) is 3.95. The normalized spacial score (nSPS) is 18.9. The van der Waals surface area contributed by atoms with Gasteiger partial charge >= 0.3 is 0 Å². The number of rotatable bonds is 5. The van der Waals surface area contributed by atoms with Crippen LogP contribution in [0.4, 0.5) is 5.69 Å². The molecule has 1 aliphatic heterocycles. The minimum atomic E-state index is -3.85. The van der Waals surface area contributed by atoms with Gasteiger partial charge in [0.15, 0.2) is 0 Å². The molecule has 2 rings (SSSR count). The van der Waals surface area contributed by atoms with Gasteiger partial charge in [0.05, 0.1) is 4.92 Å². The zero-order chi connectivity index (χ0) is 17.2. The van der Waals surface area contributed by atoms with Gasteiger partial charge in [-0.15, -0.1) is 12.4 Å². The van der Waals surface area contributed by atoms with E-state index in [2.05, 4.69) is 5.32 Å². The highest BCUT2D eigenvalue weighted by atomic mass is 35.5. The van der Waals surface area contributed by atoms with E-state index < -0.39 is 14.9 Å². The minimum Gasteiger partial charge on any atom is -0.319 e. The lowest BCUT2D eigenvalue weighted by atomic mass is 10.00. The summed E-state index contributed by atoms with van der Waals surface area (Å²) in [6.07, 6.45) is 1.71. The van der Waals surface area contributed by atoms with Crippen LogP contribution in [0.15, 0.2) is 17.0 Å². The van der Waals surface area contributed by atoms with Crippen molar-refractivity contribution >= 4 is 39.7 Å². The van der Waals surface area contributed by atoms with Crippen molar-refractivity contribution in [1.29, 1.82) is 0 Å². The molecule has 1 heterocycles. The highest BCUT2D eigenvalue weighted by molar-refractivity contribution is 7.89. The molecule has 10 heteroatoms. The second-order valence-electron chi connectivity index (χ2n) is 5.78. The van der Waals surface area contributed by atoms with Crippen molar-refractivity contribution in [3.8, 4) is 0 Å². The Balaban J connectivity index is 0.00000288. The van der Waals surface area contributed by atoms with E-state index in [9.17, 15) is 18.5 Å². The number of hydrogen-bond acceptors (Lipinski definition) is 5. The van der Waals surface area contributed by atoms with Gasteiger partial charge in [-0.3, -0.25) is 10.1 Å². The average Bonchev–Trinajstić information content (AvgIpc) is 2.49. The molecule has 0 spiro atoms. The number of hydrogen-bond donors (Lipinski definition) is 1. The topological polar surface area (TPSA) is 92.6 Å². The lowest BCUT2D eigenvalue weighted by molar-refractivity contribution is -0.385. The quantitative estimate of drug-likeness (QED) is 0.608. The molecule has 1 aromatic rings. The monoisotopic (exact) mass is 397 g/mol. The van der Waals surface area contributed by atoms with E-state index in [0.717, 1.165) is 19.4 Å². The summed E-state index contributed by atoms with van der Waals surface area (Å²) in [6, 6.07) is 2.67. The number of piperidine rings is 1.